The van der Waals surface area contributed by atoms with Crippen LogP contribution in [0.5, 0.6) is 0 Å². The Labute approximate surface area is 96.4 Å². The lowest BCUT2D eigenvalue weighted by molar-refractivity contribution is -0.384. The molecule has 0 atom stereocenters. The van der Waals surface area contributed by atoms with Gasteiger partial charge in [0.15, 0.2) is 0 Å². The zero-order valence-electron chi connectivity index (χ0n) is 7.38. The van der Waals surface area contributed by atoms with Crippen LogP contribution < -0.4 is 0 Å². The Morgan fingerprint density at radius 3 is 2.67 bits per heavy atom. The molecular weight excluding hydrogens is 239 g/mol. The molecule has 0 saturated carbocycles. The zero-order chi connectivity index (χ0) is 10.1. The van der Waals surface area contributed by atoms with Crippen molar-refractivity contribution in [1.29, 1.82) is 0 Å². The molecule has 1 heterocycles. The molecule has 0 aliphatic carbocycles. The van der Waals surface area contributed by atoms with Crippen LogP contribution in [0.3, 0.4) is 0 Å². The maximum Gasteiger partial charge on any atom is 0.306 e. The van der Waals surface area contributed by atoms with Crippen molar-refractivity contribution in [3.05, 3.63) is 45.6 Å². The Balaban J connectivity index is 0.00000112. The number of pyridine rings is 1. The summed E-state index contributed by atoms with van der Waals surface area (Å²) in [6, 6.07) is 7.03. The number of hydrogen-bond donors (Lipinski definition) is 0. The van der Waals surface area contributed by atoms with E-state index in [1.807, 2.05) is 0 Å². The van der Waals surface area contributed by atoms with Gasteiger partial charge in [-0.1, -0.05) is 29.8 Å². The fourth-order valence-electron chi connectivity index (χ4n) is 1.22. The summed E-state index contributed by atoms with van der Waals surface area (Å²) >= 11 is 5.85. The highest BCUT2D eigenvalue weighted by Gasteiger charge is 2.15. The summed E-state index contributed by atoms with van der Waals surface area (Å²) in [6.45, 7) is 0. The van der Waals surface area contributed by atoms with Gasteiger partial charge in [0.25, 0.3) is 0 Å². The van der Waals surface area contributed by atoms with Crippen LogP contribution >= 0.6 is 24.0 Å². The van der Waals surface area contributed by atoms with Crippen LogP contribution in [0.15, 0.2) is 30.5 Å². The van der Waals surface area contributed by atoms with E-state index in [2.05, 4.69) is 4.98 Å². The molecule has 0 amide bonds. The summed E-state index contributed by atoms with van der Waals surface area (Å²) in [5.74, 6) is 0. The molecule has 0 bridgehead atoms. The van der Waals surface area contributed by atoms with Crippen LogP contribution in [-0.4, -0.2) is 9.91 Å². The summed E-state index contributed by atoms with van der Waals surface area (Å²) in [7, 11) is 0. The fourth-order valence-corrected chi connectivity index (χ4v) is 1.50. The second-order valence-electron chi connectivity index (χ2n) is 2.73. The SMILES string of the molecule is Cl.O=[N+]([O-])c1cnc2ccccc2c1Cl. The smallest absolute Gasteiger partial charge is 0.258 e. The summed E-state index contributed by atoms with van der Waals surface area (Å²) in [4.78, 5) is 13.9. The topological polar surface area (TPSA) is 56.0 Å². The Hall–Kier alpha value is -1.39. The third kappa shape index (κ3) is 2.00. The van der Waals surface area contributed by atoms with E-state index in [0.717, 1.165) is 0 Å². The van der Waals surface area contributed by atoms with Gasteiger partial charge in [-0.15, -0.1) is 12.4 Å². The zero-order valence-corrected chi connectivity index (χ0v) is 8.96. The molecule has 15 heavy (non-hydrogen) atoms. The molecule has 0 fully saturated rings. The molecular formula is C9H6Cl2N2O2. The summed E-state index contributed by atoms with van der Waals surface area (Å²) in [5, 5.41) is 11.3. The van der Waals surface area contributed by atoms with Gasteiger partial charge in [0, 0.05) is 5.39 Å². The number of hydrogen-bond acceptors (Lipinski definition) is 3. The predicted molar refractivity (Wildman–Crippen MR) is 60.7 cm³/mol. The summed E-state index contributed by atoms with van der Waals surface area (Å²) in [6.07, 6.45) is 1.17. The minimum Gasteiger partial charge on any atom is -0.258 e. The number of nitro groups is 1. The van der Waals surface area contributed by atoms with E-state index in [1.165, 1.54) is 6.20 Å². The van der Waals surface area contributed by atoms with Crippen molar-refractivity contribution in [1.82, 2.24) is 4.98 Å². The molecule has 1 aromatic heterocycles. The number of aromatic nitrogens is 1. The van der Waals surface area contributed by atoms with Crippen molar-refractivity contribution >= 4 is 40.6 Å². The van der Waals surface area contributed by atoms with Gasteiger partial charge in [0.2, 0.25) is 0 Å². The molecule has 4 nitrogen and oxygen atoms in total. The number of rotatable bonds is 1. The van der Waals surface area contributed by atoms with E-state index in [1.54, 1.807) is 24.3 Å². The highest BCUT2D eigenvalue weighted by molar-refractivity contribution is 6.37. The highest BCUT2D eigenvalue weighted by atomic mass is 35.5. The first-order valence-electron chi connectivity index (χ1n) is 3.88. The lowest BCUT2D eigenvalue weighted by atomic mass is 10.2. The van der Waals surface area contributed by atoms with Crippen LogP contribution in [-0.2, 0) is 0 Å². The van der Waals surface area contributed by atoms with Gasteiger partial charge in [0.1, 0.15) is 11.2 Å². The molecule has 1 aromatic carbocycles. The van der Waals surface area contributed by atoms with E-state index < -0.39 is 4.92 Å². The van der Waals surface area contributed by atoms with Crippen LogP contribution in [0.25, 0.3) is 10.9 Å². The quantitative estimate of drug-likeness (QED) is 0.572. The lowest BCUT2D eigenvalue weighted by Crippen LogP contribution is -1.91. The molecule has 0 spiro atoms. The second kappa shape index (κ2) is 4.42. The van der Waals surface area contributed by atoms with Crippen molar-refractivity contribution in [3.63, 3.8) is 0 Å². The number of fused-ring (bicyclic) bond motifs is 1. The van der Waals surface area contributed by atoms with Crippen LogP contribution in [0.2, 0.25) is 5.02 Å². The average Bonchev–Trinajstić information content (AvgIpc) is 2.18. The number of para-hydroxylation sites is 1. The maximum atomic E-state index is 10.5. The van der Waals surface area contributed by atoms with Crippen LogP contribution in [0.1, 0.15) is 0 Å². The van der Waals surface area contributed by atoms with Crippen LogP contribution in [0.4, 0.5) is 5.69 Å². The van der Waals surface area contributed by atoms with Gasteiger partial charge in [0.05, 0.1) is 10.4 Å². The van der Waals surface area contributed by atoms with Gasteiger partial charge < -0.3 is 0 Å². The van der Waals surface area contributed by atoms with E-state index in [-0.39, 0.29) is 23.1 Å². The van der Waals surface area contributed by atoms with Gasteiger partial charge >= 0.3 is 5.69 Å². The largest absolute Gasteiger partial charge is 0.306 e. The van der Waals surface area contributed by atoms with Crippen LogP contribution in [0, 0.1) is 10.1 Å². The van der Waals surface area contributed by atoms with E-state index >= 15 is 0 Å². The Kier molecular flexibility index (Phi) is 3.44. The van der Waals surface area contributed by atoms with E-state index in [9.17, 15) is 10.1 Å². The predicted octanol–water partition coefficient (Wildman–Crippen LogP) is 3.22. The highest BCUT2D eigenvalue weighted by Crippen LogP contribution is 2.30. The molecule has 0 unspecified atom stereocenters. The van der Waals surface area contributed by atoms with Crippen molar-refractivity contribution in [2.24, 2.45) is 0 Å². The monoisotopic (exact) mass is 244 g/mol. The van der Waals surface area contributed by atoms with Gasteiger partial charge in [-0.25, -0.2) is 4.98 Å². The lowest BCUT2D eigenvalue weighted by Gasteiger charge is -1.99. The summed E-state index contributed by atoms with van der Waals surface area (Å²) in [5.41, 5.74) is 0.494. The Morgan fingerprint density at radius 2 is 2.00 bits per heavy atom. The number of halogens is 2. The molecule has 2 rings (SSSR count). The van der Waals surface area contributed by atoms with E-state index in [4.69, 9.17) is 11.6 Å². The number of benzene rings is 1. The Bertz CT molecular complexity index is 516. The molecule has 0 radical (unpaired) electrons. The first-order chi connectivity index (χ1) is 6.70. The van der Waals surface area contributed by atoms with Gasteiger partial charge in [-0.3, -0.25) is 10.1 Å². The van der Waals surface area contributed by atoms with Crippen molar-refractivity contribution in [2.75, 3.05) is 0 Å². The maximum absolute atomic E-state index is 10.5. The van der Waals surface area contributed by atoms with Gasteiger partial charge in [-0.2, -0.15) is 0 Å². The van der Waals surface area contributed by atoms with Gasteiger partial charge in [-0.05, 0) is 6.07 Å². The molecule has 0 aliphatic rings. The molecule has 78 valence electrons. The van der Waals surface area contributed by atoms with Crippen molar-refractivity contribution < 1.29 is 4.92 Å². The average molecular weight is 245 g/mol. The first kappa shape index (κ1) is 11.7. The Morgan fingerprint density at radius 1 is 1.33 bits per heavy atom. The third-order valence-corrected chi connectivity index (χ3v) is 2.29. The fraction of sp³-hybridized carbons (Fsp3) is 0. The van der Waals surface area contributed by atoms with E-state index in [0.29, 0.717) is 10.9 Å². The number of nitrogens with zero attached hydrogens (tertiary/aromatic N) is 2. The minimum atomic E-state index is -0.540. The first-order valence-corrected chi connectivity index (χ1v) is 4.25. The molecule has 0 N–H and O–H groups in total. The standard InChI is InChI=1S/C9H5ClN2O2.ClH/c10-9-6-3-1-2-4-7(6)11-5-8(9)12(13)14;/h1-5H;1H. The molecule has 0 aliphatic heterocycles. The molecule has 0 saturated heterocycles. The molecule has 6 heteroatoms. The second-order valence-corrected chi connectivity index (χ2v) is 3.11. The van der Waals surface area contributed by atoms with Crippen molar-refractivity contribution in [2.45, 2.75) is 0 Å². The summed E-state index contributed by atoms with van der Waals surface area (Å²) < 4.78 is 0. The minimum absolute atomic E-state index is 0. The molecule has 2 aromatic rings. The third-order valence-electron chi connectivity index (χ3n) is 1.89. The normalized spacial score (nSPS) is 9.67. The van der Waals surface area contributed by atoms with Crippen molar-refractivity contribution in [3.8, 4) is 0 Å².